The molecule has 0 bridgehead atoms. The number of ether oxygens (including phenoxy) is 1. The molecule has 9 nitrogen and oxygen atoms in total. The van der Waals surface area contributed by atoms with Gasteiger partial charge in [0, 0.05) is 25.7 Å². The molecule has 2 fully saturated rings. The van der Waals surface area contributed by atoms with Crippen LogP contribution in [0.15, 0.2) is 42.6 Å². The van der Waals surface area contributed by atoms with E-state index < -0.39 is 5.60 Å². The molecule has 0 spiro atoms. The Balaban J connectivity index is 1.27. The van der Waals surface area contributed by atoms with Crippen LogP contribution in [0.3, 0.4) is 0 Å². The van der Waals surface area contributed by atoms with Crippen molar-refractivity contribution in [1.82, 2.24) is 24.8 Å². The Kier molecular flexibility index (Phi) is 6.74. The van der Waals surface area contributed by atoms with Crippen molar-refractivity contribution in [2.24, 2.45) is 0 Å². The van der Waals surface area contributed by atoms with Crippen LogP contribution in [0.2, 0.25) is 0 Å². The number of benzene rings is 1. The monoisotopic (exact) mass is 508 g/mol. The fourth-order valence-electron chi connectivity index (χ4n) is 5.07. The number of likely N-dealkylation sites (tertiary alicyclic amines) is 1. The predicted octanol–water partition coefficient (Wildman–Crippen LogP) is 4.34. The van der Waals surface area contributed by atoms with Gasteiger partial charge in [-0.05, 0) is 76.3 Å². The fourth-order valence-corrected chi connectivity index (χ4v) is 5.07. The van der Waals surface area contributed by atoms with Crippen molar-refractivity contribution in [3.63, 3.8) is 0 Å². The lowest BCUT2D eigenvalue weighted by atomic mass is 10.0. The van der Waals surface area contributed by atoms with Crippen molar-refractivity contribution in [2.45, 2.75) is 64.1 Å². The molecule has 2 amide bonds. The van der Waals surface area contributed by atoms with Gasteiger partial charge in [-0.3, -0.25) is 4.79 Å². The van der Waals surface area contributed by atoms with Crippen LogP contribution in [-0.2, 0) is 4.74 Å². The second kappa shape index (κ2) is 9.99. The average Bonchev–Trinajstić information content (AvgIpc) is 3.50. The molecule has 1 unspecified atom stereocenters. The maximum absolute atomic E-state index is 13.9. The lowest BCUT2D eigenvalue weighted by Crippen LogP contribution is -2.48. The third-order valence-corrected chi connectivity index (χ3v) is 6.84. The highest BCUT2D eigenvalue weighted by atomic mass is 19.1. The first-order valence-corrected chi connectivity index (χ1v) is 12.8. The van der Waals surface area contributed by atoms with Gasteiger partial charge in [0.2, 0.25) is 0 Å². The highest BCUT2D eigenvalue weighted by Gasteiger charge is 2.30. The molecule has 0 aliphatic carbocycles. The van der Waals surface area contributed by atoms with Gasteiger partial charge in [-0.2, -0.15) is 0 Å². The zero-order chi connectivity index (χ0) is 26.2. The summed E-state index contributed by atoms with van der Waals surface area (Å²) in [5, 5.41) is 7.83. The largest absolute Gasteiger partial charge is 0.444 e. The van der Waals surface area contributed by atoms with E-state index in [0.29, 0.717) is 37.3 Å². The minimum absolute atomic E-state index is 0.0246. The van der Waals surface area contributed by atoms with Crippen molar-refractivity contribution in [2.75, 3.05) is 24.5 Å². The molecule has 2 aliphatic heterocycles. The van der Waals surface area contributed by atoms with Crippen molar-refractivity contribution >= 4 is 23.5 Å². The Morgan fingerprint density at radius 1 is 1.08 bits per heavy atom. The van der Waals surface area contributed by atoms with Crippen LogP contribution >= 0.6 is 0 Å². The number of carbonyl (C=O) groups excluding carboxylic acids is 2. The molecule has 3 aromatic rings. The number of rotatable bonds is 4. The van der Waals surface area contributed by atoms with Crippen LogP contribution in [0.1, 0.15) is 68.5 Å². The van der Waals surface area contributed by atoms with E-state index in [4.69, 9.17) is 9.84 Å². The summed E-state index contributed by atoms with van der Waals surface area (Å²) < 4.78 is 20.9. The zero-order valence-corrected chi connectivity index (χ0v) is 21.5. The van der Waals surface area contributed by atoms with Crippen molar-refractivity contribution < 1.29 is 18.7 Å². The highest BCUT2D eigenvalue weighted by Crippen LogP contribution is 2.35. The van der Waals surface area contributed by atoms with Crippen molar-refractivity contribution in [3.8, 4) is 0 Å². The molecule has 1 aromatic carbocycles. The molecule has 37 heavy (non-hydrogen) atoms. The fraction of sp³-hybridized carbons (Fsp3) is 0.481. The number of piperidine rings is 1. The number of anilines is 1. The zero-order valence-electron chi connectivity index (χ0n) is 21.5. The summed E-state index contributed by atoms with van der Waals surface area (Å²) in [7, 11) is 0. The van der Waals surface area contributed by atoms with Crippen molar-refractivity contribution in [3.05, 3.63) is 59.7 Å². The summed E-state index contributed by atoms with van der Waals surface area (Å²) >= 11 is 0. The Labute approximate surface area is 215 Å². The first-order chi connectivity index (χ1) is 17.7. The number of nitrogens with one attached hydrogen (secondary N) is 1. The quantitative estimate of drug-likeness (QED) is 0.564. The first kappa shape index (κ1) is 25.0. The van der Waals surface area contributed by atoms with Gasteiger partial charge in [0.05, 0.1) is 12.2 Å². The van der Waals surface area contributed by atoms with Gasteiger partial charge in [0.15, 0.2) is 11.3 Å². The van der Waals surface area contributed by atoms with Gasteiger partial charge in [-0.25, -0.2) is 18.7 Å². The Morgan fingerprint density at radius 3 is 2.59 bits per heavy atom. The van der Waals surface area contributed by atoms with E-state index in [-0.39, 0.29) is 29.9 Å². The number of hydrogen-bond donors (Lipinski definition) is 1. The Bertz CT molecular complexity index is 1290. The minimum Gasteiger partial charge on any atom is -0.444 e. The van der Waals surface area contributed by atoms with E-state index in [2.05, 4.69) is 15.2 Å². The van der Waals surface area contributed by atoms with Crippen LogP contribution in [0.4, 0.5) is 15.0 Å². The molecule has 1 N–H and O–H groups in total. The maximum Gasteiger partial charge on any atom is 0.410 e. The van der Waals surface area contributed by atoms with Crippen LogP contribution < -0.4 is 10.2 Å². The summed E-state index contributed by atoms with van der Waals surface area (Å²) in [5.41, 5.74) is 1.31. The standard InChI is InChI=1S/C27H33FN6O3/c1-27(2,3)37-26(36)32-14-11-20(12-15-32)30-25(35)22-17-29-23-9-10-24(31-34(22)23)33-13-5-8-21(33)18-6-4-7-19(28)16-18/h4,6-7,9-10,16-17,20-21H,5,8,11-15H2,1-3H3,(H,30,35). The molecule has 10 heteroatoms. The second-order valence-electron chi connectivity index (χ2n) is 10.7. The number of imidazole rings is 1. The van der Waals surface area contributed by atoms with E-state index in [1.54, 1.807) is 21.5 Å². The molecule has 2 saturated heterocycles. The molecular formula is C27H33FN6O3. The van der Waals surface area contributed by atoms with Crippen LogP contribution in [0, 0.1) is 5.82 Å². The highest BCUT2D eigenvalue weighted by molar-refractivity contribution is 5.93. The van der Waals surface area contributed by atoms with Crippen LogP contribution in [-0.4, -0.2) is 62.8 Å². The number of halogens is 1. The van der Waals surface area contributed by atoms with Crippen LogP contribution in [0.25, 0.3) is 5.65 Å². The lowest BCUT2D eigenvalue weighted by molar-refractivity contribution is 0.0199. The molecular weight excluding hydrogens is 475 g/mol. The summed E-state index contributed by atoms with van der Waals surface area (Å²) in [6, 6.07) is 10.4. The van der Waals surface area contributed by atoms with Gasteiger partial charge >= 0.3 is 6.09 Å². The van der Waals surface area contributed by atoms with Crippen LogP contribution in [0.5, 0.6) is 0 Å². The molecule has 5 rings (SSSR count). The van der Waals surface area contributed by atoms with E-state index in [1.807, 2.05) is 39.0 Å². The lowest BCUT2D eigenvalue weighted by Gasteiger charge is -2.33. The number of carbonyl (C=O) groups is 2. The third kappa shape index (κ3) is 5.52. The smallest absolute Gasteiger partial charge is 0.410 e. The maximum atomic E-state index is 13.9. The molecule has 1 atom stereocenters. The Hall–Kier alpha value is -3.69. The molecule has 0 saturated carbocycles. The number of nitrogens with zero attached hydrogens (tertiary/aromatic N) is 5. The molecule has 0 radical (unpaired) electrons. The van der Waals surface area contributed by atoms with E-state index in [0.717, 1.165) is 30.8 Å². The molecule has 2 aliphatic rings. The molecule has 196 valence electrons. The summed E-state index contributed by atoms with van der Waals surface area (Å²) in [6.07, 6.45) is 4.37. The van der Waals surface area contributed by atoms with E-state index >= 15 is 0 Å². The summed E-state index contributed by atoms with van der Waals surface area (Å²) in [6.45, 7) is 7.37. The normalized spacial score (nSPS) is 18.9. The van der Waals surface area contributed by atoms with E-state index in [1.165, 1.54) is 12.3 Å². The number of aromatic nitrogens is 3. The first-order valence-electron chi connectivity index (χ1n) is 12.8. The van der Waals surface area contributed by atoms with Gasteiger partial charge in [0.25, 0.3) is 5.91 Å². The van der Waals surface area contributed by atoms with E-state index in [9.17, 15) is 14.0 Å². The summed E-state index contributed by atoms with van der Waals surface area (Å²) in [5.74, 6) is 0.214. The topological polar surface area (TPSA) is 92.1 Å². The molecule has 2 aromatic heterocycles. The number of fused-ring (bicyclic) bond motifs is 1. The second-order valence-corrected chi connectivity index (χ2v) is 10.7. The molecule has 4 heterocycles. The number of amides is 2. The predicted molar refractivity (Wildman–Crippen MR) is 137 cm³/mol. The SMILES string of the molecule is CC(C)(C)OC(=O)N1CCC(NC(=O)c2cnc3ccc(N4CCCC4c4cccc(F)c4)nn23)CC1. The van der Waals surface area contributed by atoms with Gasteiger partial charge < -0.3 is 19.9 Å². The van der Waals surface area contributed by atoms with Crippen molar-refractivity contribution in [1.29, 1.82) is 0 Å². The third-order valence-electron chi connectivity index (χ3n) is 6.84. The minimum atomic E-state index is -0.538. The Morgan fingerprint density at radius 2 is 1.86 bits per heavy atom. The number of hydrogen-bond acceptors (Lipinski definition) is 6. The summed E-state index contributed by atoms with van der Waals surface area (Å²) in [4.78, 5) is 33.7. The van der Waals surface area contributed by atoms with Gasteiger partial charge in [-0.15, -0.1) is 5.10 Å². The average molecular weight is 509 g/mol. The van der Waals surface area contributed by atoms with Gasteiger partial charge in [0.1, 0.15) is 17.2 Å². The van der Waals surface area contributed by atoms with Gasteiger partial charge in [-0.1, -0.05) is 12.1 Å².